The number of nitrogens with zero attached hydrogens (tertiary/aromatic N) is 3. The molecule has 5 atom stereocenters. The highest BCUT2D eigenvalue weighted by Crippen LogP contribution is 2.59. The summed E-state index contributed by atoms with van der Waals surface area (Å²) in [5.41, 5.74) is 2.84. The Labute approximate surface area is 423 Å². The molecule has 8 N–H and O–H groups in total. The zero-order valence-corrected chi connectivity index (χ0v) is 42.0. The highest BCUT2D eigenvalue weighted by molar-refractivity contribution is 7.52. The second-order valence-corrected chi connectivity index (χ2v) is 20.9. The number of piperidine rings is 1. The van der Waals surface area contributed by atoms with Crippen LogP contribution in [0.2, 0.25) is 0 Å². The first-order chi connectivity index (χ1) is 34.7. The fraction of sp³-hybridized carbons (Fsp3) is 0.529. The summed E-state index contributed by atoms with van der Waals surface area (Å²) < 4.78 is 39.7. The van der Waals surface area contributed by atoms with Crippen molar-refractivity contribution in [2.75, 3.05) is 26.7 Å². The van der Waals surface area contributed by atoms with Crippen LogP contribution in [0.25, 0.3) is 5.57 Å². The van der Waals surface area contributed by atoms with Crippen LogP contribution in [0, 0.1) is 11.8 Å². The van der Waals surface area contributed by atoms with E-state index in [-0.39, 0.29) is 50.2 Å². The Bertz CT molecular complexity index is 2580. The molecule has 394 valence electrons. The van der Waals surface area contributed by atoms with E-state index in [4.69, 9.17) is 15.5 Å². The Balaban J connectivity index is 0.932. The van der Waals surface area contributed by atoms with E-state index in [1.54, 1.807) is 19.2 Å². The lowest BCUT2D eigenvalue weighted by Crippen LogP contribution is -2.61. The number of hydrogen-bond acceptors (Lipinski definition) is 10. The normalized spacial score (nSPS) is 21.0. The zero-order chi connectivity index (χ0) is 53.0. The molecule has 0 saturated carbocycles. The van der Waals surface area contributed by atoms with E-state index in [2.05, 4.69) is 33.1 Å². The summed E-state index contributed by atoms with van der Waals surface area (Å²) in [7, 11) is -3.98. The van der Waals surface area contributed by atoms with Gasteiger partial charge in [-0.2, -0.15) is 8.78 Å². The summed E-state index contributed by atoms with van der Waals surface area (Å²) in [5.74, 6) is 2.52. The minimum Gasteiger partial charge on any atom is -0.370 e. The number of benzene rings is 2. The molecule has 8 amide bonds. The van der Waals surface area contributed by atoms with Gasteiger partial charge in [-0.1, -0.05) is 74.3 Å². The van der Waals surface area contributed by atoms with Crippen LogP contribution in [0.15, 0.2) is 48.5 Å². The summed E-state index contributed by atoms with van der Waals surface area (Å²) in [6, 6.07) is 5.33. The minimum absolute atomic E-state index is 0.0538. The molecule has 6 rings (SSSR count). The van der Waals surface area contributed by atoms with E-state index in [0.717, 1.165) is 61.8 Å². The van der Waals surface area contributed by atoms with Crippen LogP contribution in [0.3, 0.4) is 0 Å². The van der Waals surface area contributed by atoms with Gasteiger partial charge in [0, 0.05) is 67.7 Å². The van der Waals surface area contributed by atoms with Gasteiger partial charge in [-0.05, 0) is 94.3 Å². The number of carbonyl (C=O) groups is 8. The number of halogens is 2. The second-order valence-electron chi connectivity index (χ2n) is 19.2. The molecule has 4 aliphatic heterocycles. The number of fused-ring (bicyclic) bond motifs is 2. The van der Waals surface area contributed by atoms with E-state index >= 15 is 0 Å². The average Bonchev–Trinajstić information content (AvgIpc) is 3.92. The molecule has 19 nitrogen and oxygen atoms in total. The molecule has 22 heteroatoms. The third kappa shape index (κ3) is 14.5. The number of allylic oxidation sites excluding steroid dienone is 1. The van der Waals surface area contributed by atoms with Gasteiger partial charge in [0.1, 0.15) is 24.2 Å². The quantitative estimate of drug-likeness (QED) is 0.0312. The van der Waals surface area contributed by atoms with Crippen LogP contribution in [-0.4, -0.2) is 129 Å². The first-order valence-electron chi connectivity index (χ1n) is 24.8. The molecular formula is C51H65F2N8O11P. The molecule has 4 aliphatic rings. The molecule has 2 aromatic rings. The lowest BCUT2D eigenvalue weighted by molar-refractivity contribution is -0.145. The standard InChI is InChI=1S/C51H65F2N8O11P/c1-32(33-16-18-35(19-17-33)51(52,53)73(70,71)72)29-45(64)56-40-31-59(2)28-26-36-20-22-42(61(36)50(40)69)48(67)57-39(21-24-43(54)62)46(65)55-27-11-9-7-5-3-4-6-8-10-13-34-14-12-15-37-38(34)30-60(49(37)68)41-23-25-44(63)58-47(41)66/h12,14-19,29,36,39-42H,3-9,11,20-28,30-31H2,1-2H3,(H2,54,62)(H,55,65)(H,56,64)(H,57,67)(H,58,63,66)(H2,70,71,72)/b32-29+/t36-,39?,40+,41?,42+/m1/s1. The Morgan fingerprint density at radius 2 is 1.66 bits per heavy atom. The van der Waals surface area contributed by atoms with Crippen LogP contribution < -0.4 is 27.0 Å². The molecule has 0 aliphatic carbocycles. The first kappa shape index (κ1) is 56.0. The molecule has 2 aromatic carbocycles. The predicted molar refractivity (Wildman–Crippen MR) is 263 cm³/mol. The van der Waals surface area contributed by atoms with Gasteiger partial charge < -0.3 is 46.2 Å². The molecule has 0 bridgehead atoms. The topological polar surface area (TPSA) is 278 Å². The lowest BCUT2D eigenvalue weighted by atomic mass is 10.0. The third-order valence-corrected chi connectivity index (χ3v) is 14.8. The maximum absolute atomic E-state index is 14.2. The molecule has 3 saturated heterocycles. The number of nitrogens with one attached hydrogen (secondary N) is 4. The molecule has 0 spiro atoms. The number of rotatable bonds is 21. The Morgan fingerprint density at radius 1 is 0.959 bits per heavy atom. The van der Waals surface area contributed by atoms with Crippen molar-refractivity contribution in [3.05, 3.63) is 76.4 Å². The summed E-state index contributed by atoms with van der Waals surface area (Å²) in [4.78, 5) is 127. The third-order valence-electron chi connectivity index (χ3n) is 13.8. The van der Waals surface area contributed by atoms with Gasteiger partial charge in [0.05, 0.1) is 0 Å². The van der Waals surface area contributed by atoms with Crippen molar-refractivity contribution in [2.24, 2.45) is 5.73 Å². The van der Waals surface area contributed by atoms with Crippen molar-refractivity contribution in [1.29, 1.82) is 0 Å². The van der Waals surface area contributed by atoms with Crippen LogP contribution in [0.4, 0.5) is 8.78 Å². The summed E-state index contributed by atoms with van der Waals surface area (Å²) in [6.07, 6.45) is 9.82. The van der Waals surface area contributed by atoms with E-state index in [1.165, 1.54) is 34.9 Å². The van der Waals surface area contributed by atoms with E-state index < -0.39 is 78.4 Å². The average molecular weight is 1040 g/mol. The van der Waals surface area contributed by atoms with Crippen LogP contribution in [-0.2, 0) is 50.3 Å². The van der Waals surface area contributed by atoms with Crippen LogP contribution in [0.1, 0.15) is 136 Å². The van der Waals surface area contributed by atoms with Crippen LogP contribution >= 0.6 is 7.60 Å². The Hall–Kier alpha value is -6.33. The highest BCUT2D eigenvalue weighted by Gasteiger charge is 2.50. The number of imide groups is 1. The van der Waals surface area contributed by atoms with Gasteiger partial charge in [0.25, 0.3) is 5.91 Å². The number of nitrogens with two attached hydrogens (primary N) is 1. The molecule has 3 fully saturated rings. The number of carbonyl (C=O) groups excluding carboxylic acids is 8. The number of alkyl halides is 2. The van der Waals surface area contributed by atoms with Crippen molar-refractivity contribution in [3.8, 4) is 11.8 Å². The Kier molecular flexibility index (Phi) is 19.2. The van der Waals surface area contributed by atoms with Gasteiger partial charge in [-0.15, -0.1) is 0 Å². The number of primary amides is 1. The molecule has 73 heavy (non-hydrogen) atoms. The van der Waals surface area contributed by atoms with Crippen molar-refractivity contribution >= 4 is 60.4 Å². The zero-order valence-electron chi connectivity index (χ0n) is 41.1. The van der Waals surface area contributed by atoms with Crippen LogP contribution in [0.5, 0.6) is 0 Å². The molecule has 4 heterocycles. The summed E-state index contributed by atoms with van der Waals surface area (Å²) in [5, 5.41) is 10.7. The van der Waals surface area contributed by atoms with Crippen molar-refractivity contribution in [3.63, 3.8) is 0 Å². The van der Waals surface area contributed by atoms with Gasteiger partial charge in [0.15, 0.2) is 0 Å². The maximum Gasteiger partial charge on any atom is 0.399 e. The minimum atomic E-state index is -5.78. The van der Waals surface area contributed by atoms with Gasteiger partial charge in [-0.25, -0.2) is 0 Å². The largest absolute Gasteiger partial charge is 0.399 e. The monoisotopic (exact) mass is 1030 g/mol. The van der Waals surface area contributed by atoms with Crippen molar-refractivity contribution in [1.82, 2.24) is 36.0 Å². The maximum atomic E-state index is 14.2. The lowest BCUT2D eigenvalue weighted by Gasteiger charge is -2.37. The first-order valence-corrected chi connectivity index (χ1v) is 26.4. The second kappa shape index (κ2) is 25.1. The molecule has 0 aromatic heterocycles. The predicted octanol–water partition coefficient (Wildman–Crippen LogP) is 3.30. The van der Waals surface area contributed by atoms with Crippen molar-refractivity contribution in [2.45, 2.75) is 146 Å². The van der Waals surface area contributed by atoms with Gasteiger partial charge in [0.2, 0.25) is 41.4 Å². The molecule has 0 radical (unpaired) electrons. The molecule has 2 unspecified atom stereocenters. The van der Waals surface area contributed by atoms with Gasteiger partial charge >= 0.3 is 13.3 Å². The fourth-order valence-corrected chi connectivity index (χ4v) is 10.2. The number of hydrogen-bond donors (Lipinski definition) is 7. The van der Waals surface area contributed by atoms with E-state index in [9.17, 15) is 51.7 Å². The van der Waals surface area contributed by atoms with Gasteiger partial charge in [-0.3, -0.25) is 48.2 Å². The fourth-order valence-electron chi connectivity index (χ4n) is 9.73. The summed E-state index contributed by atoms with van der Waals surface area (Å²) >= 11 is 0. The Morgan fingerprint density at radius 3 is 2.34 bits per heavy atom. The number of likely N-dealkylation sites (N-methyl/N-ethyl adjacent to an activating group) is 1. The SMILES string of the molecule is C/C(=C\C(=O)N[C@H]1CN(C)CC[C@H]2CC[C@@H](C(=O)NC(CCC(N)=O)C(=O)NCCCCCCCCCC#Cc3cccc4c3CN(C3CCC(=O)NC3=O)C4=O)N2C1=O)c1ccc(C(F)(F)P(=O)(O)O)cc1. The molecular weight excluding hydrogens is 970 g/mol. The number of unbranched alkanes of at least 4 members (excludes halogenated alkanes) is 7. The van der Waals surface area contributed by atoms with E-state index in [1.807, 2.05) is 11.0 Å². The number of amides is 8. The smallest absolute Gasteiger partial charge is 0.370 e. The van der Waals surface area contributed by atoms with Crippen molar-refractivity contribution < 1.29 is 61.5 Å². The summed E-state index contributed by atoms with van der Waals surface area (Å²) in [6.45, 7) is 2.80. The van der Waals surface area contributed by atoms with E-state index in [0.29, 0.717) is 68.3 Å². The highest BCUT2D eigenvalue weighted by atomic mass is 31.2.